The molecule has 0 saturated carbocycles. The van der Waals surface area contributed by atoms with Crippen molar-refractivity contribution in [3.05, 3.63) is 193 Å². The van der Waals surface area contributed by atoms with Crippen LogP contribution in [0.3, 0.4) is 0 Å². The number of aromatic nitrogens is 2. The highest BCUT2D eigenvalue weighted by Crippen LogP contribution is 2.47. The lowest BCUT2D eigenvalue weighted by Crippen LogP contribution is -2.02. The van der Waals surface area contributed by atoms with Crippen LogP contribution in [-0.2, 0) is 0 Å². The van der Waals surface area contributed by atoms with Crippen LogP contribution >= 0.6 is 0 Å². The zero-order valence-electron chi connectivity index (χ0n) is 26.1. The molecule has 0 N–H and O–H groups in total. The van der Waals surface area contributed by atoms with Crippen LogP contribution in [-0.4, -0.2) is 14.9 Å². The van der Waals surface area contributed by atoms with Crippen molar-refractivity contribution in [1.29, 1.82) is 0 Å². The molecule has 9 rings (SSSR count). The molecule has 0 radical (unpaired) electrons. The maximum Gasteiger partial charge on any atom is 0.193 e. The van der Waals surface area contributed by atoms with Crippen LogP contribution in [0, 0.1) is 0 Å². The first-order chi connectivity index (χ1) is 23.8. The first kappa shape index (κ1) is 27.8. The molecule has 3 nitrogen and oxygen atoms in total. The SMILES string of the molecule is O=C(c1ccccc1)c1ccc(-n2c3ccccc3c3ccc4c(-c5ccccc5)c(-c5ccccc5)n(-c5ccccc5)c4c32)cc1. The highest BCUT2D eigenvalue weighted by Gasteiger charge is 2.26. The minimum Gasteiger partial charge on any atom is -0.307 e. The Bertz CT molecular complexity index is 2580. The van der Waals surface area contributed by atoms with E-state index in [9.17, 15) is 4.79 Å². The van der Waals surface area contributed by atoms with Gasteiger partial charge in [0.1, 0.15) is 0 Å². The van der Waals surface area contributed by atoms with Gasteiger partial charge in [-0.2, -0.15) is 0 Å². The van der Waals surface area contributed by atoms with E-state index in [2.05, 4.69) is 149 Å². The van der Waals surface area contributed by atoms with Crippen molar-refractivity contribution < 1.29 is 4.79 Å². The molecule has 3 heteroatoms. The van der Waals surface area contributed by atoms with Crippen LogP contribution in [0.5, 0.6) is 0 Å². The molecule has 0 saturated heterocycles. The maximum absolute atomic E-state index is 13.3. The number of benzene rings is 7. The Morgan fingerprint density at radius 2 is 0.875 bits per heavy atom. The van der Waals surface area contributed by atoms with Crippen molar-refractivity contribution in [2.24, 2.45) is 0 Å². The largest absolute Gasteiger partial charge is 0.307 e. The molecule has 0 aliphatic carbocycles. The summed E-state index contributed by atoms with van der Waals surface area (Å²) in [5.74, 6) is 0.0183. The van der Waals surface area contributed by atoms with Gasteiger partial charge in [0.2, 0.25) is 0 Å². The van der Waals surface area contributed by atoms with Gasteiger partial charge in [-0.15, -0.1) is 0 Å². The molecule has 0 atom stereocenters. The van der Waals surface area contributed by atoms with E-state index in [-0.39, 0.29) is 5.78 Å². The van der Waals surface area contributed by atoms with Gasteiger partial charge in [0.05, 0.1) is 22.2 Å². The number of ketones is 1. The number of hydrogen-bond acceptors (Lipinski definition) is 1. The van der Waals surface area contributed by atoms with Crippen LogP contribution in [0.4, 0.5) is 0 Å². The summed E-state index contributed by atoms with van der Waals surface area (Å²) in [7, 11) is 0. The van der Waals surface area contributed by atoms with Gasteiger partial charge >= 0.3 is 0 Å². The van der Waals surface area contributed by atoms with Crippen LogP contribution in [0.25, 0.3) is 66.5 Å². The normalized spacial score (nSPS) is 11.4. The second-order valence-corrected chi connectivity index (χ2v) is 12.1. The zero-order chi connectivity index (χ0) is 32.0. The van der Waals surface area contributed by atoms with Crippen LogP contribution in [0.2, 0.25) is 0 Å². The zero-order valence-corrected chi connectivity index (χ0v) is 26.1. The Kier molecular flexibility index (Phi) is 6.62. The number of para-hydroxylation sites is 2. The number of carbonyl (C=O) groups is 1. The van der Waals surface area contributed by atoms with Crippen molar-refractivity contribution >= 4 is 38.5 Å². The Morgan fingerprint density at radius 1 is 0.375 bits per heavy atom. The number of rotatable bonds is 6. The summed E-state index contributed by atoms with van der Waals surface area (Å²) >= 11 is 0. The smallest absolute Gasteiger partial charge is 0.193 e. The molecule has 9 aromatic rings. The summed E-state index contributed by atoms with van der Waals surface area (Å²) in [4.78, 5) is 13.3. The second kappa shape index (κ2) is 11.4. The molecule has 0 aliphatic rings. The molecular weight excluding hydrogens is 585 g/mol. The van der Waals surface area contributed by atoms with Gasteiger partial charge in [-0.3, -0.25) is 4.79 Å². The van der Waals surface area contributed by atoms with E-state index in [1.54, 1.807) is 0 Å². The van der Waals surface area contributed by atoms with Crippen molar-refractivity contribution in [3.8, 4) is 33.8 Å². The Balaban J connectivity index is 1.42. The van der Waals surface area contributed by atoms with Crippen molar-refractivity contribution in [2.45, 2.75) is 0 Å². The number of carbonyl (C=O) groups excluding carboxylic acids is 1. The predicted molar refractivity (Wildman–Crippen MR) is 198 cm³/mol. The molecule has 0 amide bonds. The van der Waals surface area contributed by atoms with Crippen molar-refractivity contribution in [2.75, 3.05) is 0 Å². The topological polar surface area (TPSA) is 26.9 Å². The standard InChI is InChI=1S/C45H30N2O/c48-45(33-19-9-3-10-20-33)34-25-27-36(28-26-34)46-40-24-14-13-23-37(40)38-29-30-39-41(31-15-5-1-6-16-31)42(32-17-7-2-8-18-32)47(44(39)43(38)46)35-21-11-4-12-22-35/h1-30H. The molecule has 2 heterocycles. The highest BCUT2D eigenvalue weighted by atomic mass is 16.1. The van der Waals surface area contributed by atoms with Gasteiger partial charge < -0.3 is 9.13 Å². The molecule has 0 fully saturated rings. The van der Waals surface area contributed by atoms with Crippen LogP contribution in [0.1, 0.15) is 15.9 Å². The molecule has 0 unspecified atom stereocenters. The van der Waals surface area contributed by atoms with Gasteiger partial charge in [-0.1, -0.05) is 140 Å². The fourth-order valence-electron chi connectivity index (χ4n) is 7.21. The third-order valence-corrected chi connectivity index (χ3v) is 9.31. The van der Waals surface area contributed by atoms with E-state index in [1.165, 1.54) is 27.3 Å². The number of fused-ring (bicyclic) bond motifs is 5. The molecule has 7 aromatic carbocycles. The minimum atomic E-state index is 0.0183. The number of hydrogen-bond donors (Lipinski definition) is 0. The fourth-order valence-corrected chi connectivity index (χ4v) is 7.21. The van der Waals surface area contributed by atoms with Crippen molar-refractivity contribution in [3.63, 3.8) is 0 Å². The monoisotopic (exact) mass is 614 g/mol. The second-order valence-electron chi connectivity index (χ2n) is 12.1. The predicted octanol–water partition coefficient (Wildman–Crippen LogP) is 11.3. The van der Waals surface area contributed by atoms with Gasteiger partial charge in [-0.05, 0) is 53.6 Å². The molecular formula is C45H30N2O. The maximum atomic E-state index is 13.3. The van der Waals surface area contributed by atoms with Crippen molar-refractivity contribution in [1.82, 2.24) is 9.13 Å². The van der Waals surface area contributed by atoms with Gasteiger partial charge in [-0.25, -0.2) is 0 Å². The van der Waals surface area contributed by atoms with E-state index in [4.69, 9.17) is 0 Å². The highest BCUT2D eigenvalue weighted by molar-refractivity contribution is 6.22. The third kappa shape index (κ3) is 4.40. The van der Waals surface area contributed by atoms with E-state index < -0.39 is 0 Å². The fraction of sp³-hybridized carbons (Fsp3) is 0. The lowest BCUT2D eigenvalue weighted by molar-refractivity contribution is 0.103. The molecule has 226 valence electrons. The summed E-state index contributed by atoms with van der Waals surface area (Å²) in [6.45, 7) is 0. The summed E-state index contributed by atoms with van der Waals surface area (Å²) in [5, 5.41) is 3.54. The average Bonchev–Trinajstić information content (AvgIpc) is 3.70. The minimum absolute atomic E-state index is 0.0183. The van der Waals surface area contributed by atoms with E-state index in [0.717, 1.165) is 39.2 Å². The Morgan fingerprint density at radius 3 is 1.56 bits per heavy atom. The summed E-state index contributed by atoms with van der Waals surface area (Å²) in [5.41, 5.74) is 11.5. The molecule has 2 aromatic heterocycles. The van der Waals surface area contributed by atoms with Crippen LogP contribution in [0.15, 0.2) is 182 Å². The molecule has 0 aliphatic heterocycles. The molecule has 0 bridgehead atoms. The third-order valence-electron chi connectivity index (χ3n) is 9.31. The first-order valence-electron chi connectivity index (χ1n) is 16.2. The Labute approximate surface area is 278 Å². The van der Waals surface area contributed by atoms with Gasteiger partial charge in [0.15, 0.2) is 5.78 Å². The lowest BCUT2D eigenvalue weighted by Gasteiger charge is -2.15. The van der Waals surface area contributed by atoms with E-state index in [0.29, 0.717) is 11.1 Å². The first-order valence-corrected chi connectivity index (χ1v) is 16.2. The van der Waals surface area contributed by atoms with Gasteiger partial charge in [0.25, 0.3) is 0 Å². The Hall–Kier alpha value is -6.45. The molecule has 48 heavy (non-hydrogen) atoms. The van der Waals surface area contributed by atoms with Gasteiger partial charge in [0, 0.05) is 44.2 Å². The summed E-state index contributed by atoms with van der Waals surface area (Å²) in [6.07, 6.45) is 0. The molecule has 0 spiro atoms. The summed E-state index contributed by atoms with van der Waals surface area (Å²) < 4.78 is 4.81. The average molecular weight is 615 g/mol. The van der Waals surface area contributed by atoms with E-state index >= 15 is 0 Å². The lowest BCUT2D eigenvalue weighted by atomic mass is 9.98. The summed E-state index contributed by atoms with van der Waals surface area (Å²) in [6, 6.07) is 62.8. The van der Waals surface area contributed by atoms with Crippen LogP contribution < -0.4 is 0 Å². The number of nitrogens with zero attached hydrogens (tertiary/aromatic N) is 2. The van der Waals surface area contributed by atoms with E-state index in [1.807, 2.05) is 42.5 Å². The quantitative estimate of drug-likeness (QED) is 0.171.